The Morgan fingerprint density at radius 1 is 1.35 bits per heavy atom. The number of methoxy groups -OCH3 is 1. The van der Waals surface area contributed by atoms with Crippen molar-refractivity contribution in [2.45, 2.75) is 26.4 Å². The third-order valence-corrected chi connectivity index (χ3v) is 2.27. The van der Waals surface area contributed by atoms with Crippen LogP contribution in [0.5, 0.6) is 5.75 Å². The second kappa shape index (κ2) is 4.84. The van der Waals surface area contributed by atoms with E-state index in [1.807, 2.05) is 0 Å². The molecule has 0 bridgehead atoms. The van der Waals surface area contributed by atoms with Crippen molar-refractivity contribution in [2.75, 3.05) is 12.8 Å². The Hall–Kier alpha value is -1.42. The van der Waals surface area contributed by atoms with Crippen molar-refractivity contribution in [3.8, 4) is 5.75 Å². The van der Waals surface area contributed by atoms with Gasteiger partial charge in [0.1, 0.15) is 5.60 Å². The van der Waals surface area contributed by atoms with Gasteiger partial charge < -0.3 is 15.2 Å². The average molecular weight is 258 g/mol. The zero-order chi connectivity index (χ0) is 13.2. The molecular formula is C12H16ClNO3. The van der Waals surface area contributed by atoms with E-state index < -0.39 is 11.6 Å². The maximum atomic E-state index is 11.9. The van der Waals surface area contributed by atoms with E-state index in [1.165, 1.54) is 13.2 Å². The van der Waals surface area contributed by atoms with Gasteiger partial charge in [0.15, 0.2) is 5.75 Å². The van der Waals surface area contributed by atoms with Crippen LogP contribution < -0.4 is 10.5 Å². The molecule has 5 heteroatoms. The zero-order valence-electron chi connectivity index (χ0n) is 10.3. The molecule has 0 aliphatic heterocycles. The van der Waals surface area contributed by atoms with E-state index in [4.69, 9.17) is 26.8 Å². The number of nitrogen functional groups attached to an aromatic ring is 1. The number of anilines is 1. The predicted molar refractivity (Wildman–Crippen MR) is 67.6 cm³/mol. The number of benzene rings is 1. The van der Waals surface area contributed by atoms with Gasteiger partial charge in [0.2, 0.25) is 0 Å². The number of halogens is 1. The molecule has 0 radical (unpaired) electrons. The minimum Gasteiger partial charge on any atom is -0.493 e. The molecule has 1 rings (SSSR count). The van der Waals surface area contributed by atoms with E-state index in [0.717, 1.165) is 0 Å². The number of rotatable bonds is 2. The van der Waals surface area contributed by atoms with Crippen LogP contribution in [-0.4, -0.2) is 18.7 Å². The van der Waals surface area contributed by atoms with Gasteiger partial charge in [-0.3, -0.25) is 0 Å². The largest absolute Gasteiger partial charge is 0.493 e. The maximum Gasteiger partial charge on any atom is 0.340 e. The van der Waals surface area contributed by atoms with Gasteiger partial charge in [0, 0.05) is 0 Å². The monoisotopic (exact) mass is 257 g/mol. The van der Waals surface area contributed by atoms with Crippen LogP contribution in [0.1, 0.15) is 31.1 Å². The summed E-state index contributed by atoms with van der Waals surface area (Å²) in [6.07, 6.45) is 0. The van der Waals surface area contributed by atoms with Crippen molar-refractivity contribution in [3.05, 3.63) is 22.7 Å². The Labute approximate surface area is 106 Å². The molecule has 0 fully saturated rings. The summed E-state index contributed by atoms with van der Waals surface area (Å²) in [6, 6.07) is 3.07. The van der Waals surface area contributed by atoms with E-state index in [0.29, 0.717) is 5.02 Å². The van der Waals surface area contributed by atoms with Crippen molar-refractivity contribution in [3.63, 3.8) is 0 Å². The Bertz CT molecular complexity index is 438. The summed E-state index contributed by atoms with van der Waals surface area (Å²) in [5.74, 6) is -0.208. The van der Waals surface area contributed by atoms with E-state index in [-0.39, 0.29) is 17.0 Å². The smallest absolute Gasteiger partial charge is 0.340 e. The molecule has 1 aromatic carbocycles. The standard InChI is InChI=1S/C12H16ClNO3/c1-12(2,3)17-11(15)7-5-6-8(13)10(16-4)9(7)14/h5-6H,14H2,1-4H3. The lowest BCUT2D eigenvalue weighted by atomic mass is 10.1. The van der Waals surface area contributed by atoms with Gasteiger partial charge in [-0.1, -0.05) is 11.6 Å². The lowest BCUT2D eigenvalue weighted by molar-refractivity contribution is 0.00705. The average Bonchev–Trinajstić information content (AvgIpc) is 2.15. The highest BCUT2D eigenvalue weighted by Gasteiger charge is 2.22. The molecule has 4 nitrogen and oxygen atoms in total. The number of nitrogens with two attached hydrogens (primary N) is 1. The van der Waals surface area contributed by atoms with Crippen LogP contribution >= 0.6 is 11.6 Å². The van der Waals surface area contributed by atoms with Crippen LogP contribution in [0.25, 0.3) is 0 Å². The van der Waals surface area contributed by atoms with E-state index >= 15 is 0 Å². The molecule has 0 saturated heterocycles. The van der Waals surface area contributed by atoms with E-state index in [2.05, 4.69) is 0 Å². The van der Waals surface area contributed by atoms with Gasteiger partial charge in [-0.2, -0.15) is 0 Å². The van der Waals surface area contributed by atoms with E-state index in [9.17, 15) is 4.79 Å². The first-order valence-electron chi connectivity index (χ1n) is 5.11. The number of hydrogen-bond acceptors (Lipinski definition) is 4. The third kappa shape index (κ3) is 3.27. The molecule has 17 heavy (non-hydrogen) atoms. The first-order chi connectivity index (χ1) is 7.76. The fraction of sp³-hybridized carbons (Fsp3) is 0.417. The molecule has 94 valence electrons. The third-order valence-electron chi connectivity index (χ3n) is 1.97. The quantitative estimate of drug-likeness (QED) is 0.654. The fourth-order valence-electron chi connectivity index (χ4n) is 1.29. The highest BCUT2D eigenvalue weighted by molar-refractivity contribution is 6.32. The molecule has 0 atom stereocenters. The number of hydrogen-bond donors (Lipinski definition) is 1. The molecular weight excluding hydrogens is 242 g/mol. The normalized spacial score (nSPS) is 11.1. The minimum absolute atomic E-state index is 0.189. The Morgan fingerprint density at radius 3 is 2.41 bits per heavy atom. The van der Waals surface area contributed by atoms with Crippen LogP contribution in [0, 0.1) is 0 Å². The lowest BCUT2D eigenvalue weighted by Crippen LogP contribution is -2.24. The molecule has 0 heterocycles. The first-order valence-corrected chi connectivity index (χ1v) is 5.49. The van der Waals surface area contributed by atoms with Gasteiger partial charge in [-0.25, -0.2) is 4.79 Å². The maximum absolute atomic E-state index is 11.9. The molecule has 0 aliphatic carbocycles. The summed E-state index contributed by atoms with van der Waals surface area (Å²) in [5.41, 5.74) is 5.67. The molecule has 0 amide bonds. The van der Waals surface area contributed by atoms with Crippen LogP contribution in [0.2, 0.25) is 5.02 Å². The summed E-state index contributed by atoms with van der Waals surface area (Å²) in [7, 11) is 1.44. The van der Waals surface area contributed by atoms with Gasteiger partial charge in [-0.05, 0) is 32.9 Å². The molecule has 0 saturated carbocycles. The Kier molecular flexibility index (Phi) is 3.88. The van der Waals surface area contributed by atoms with Crippen LogP contribution in [0.15, 0.2) is 12.1 Å². The molecule has 1 aromatic rings. The predicted octanol–water partition coefficient (Wildman–Crippen LogP) is 2.89. The lowest BCUT2D eigenvalue weighted by Gasteiger charge is -2.20. The van der Waals surface area contributed by atoms with Crippen molar-refractivity contribution >= 4 is 23.3 Å². The van der Waals surface area contributed by atoms with Gasteiger partial charge in [-0.15, -0.1) is 0 Å². The van der Waals surface area contributed by atoms with Crippen molar-refractivity contribution in [1.29, 1.82) is 0 Å². The molecule has 2 N–H and O–H groups in total. The van der Waals surface area contributed by atoms with Crippen LogP contribution in [0.3, 0.4) is 0 Å². The van der Waals surface area contributed by atoms with Gasteiger partial charge in [0.25, 0.3) is 0 Å². The number of carbonyl (C=O) groups excluding carboxylic acids is 1. The Balaban J connectivity index is 3.12. The number of ether oxygens (including phenoxy) is 2. The van der Waals surface area contributed by atoms with Crippen molar-refractivity contribution < 1.29 is 14.3 Å². The summed E-state index contributed by atoms with van der Waals surface area (Å²) in [5, 5.41) is 0.359. The Morgan fingerprint density at radius 2 is 1.94 bits per heavy atom. The summed E-state index contributed by atoms with van der Waals surface area (Å²) in [6.45, 7) is 5.36. The molecule has 0 aromatic heterocycles. The first kappa shape index (κ1) is 13.6. The van der Waals surface area contributed by atoms with Gasteiger partial charge in [0.05, 0.1) is 23.4 Å². The van der Waals surface area contributed by atoms with Crippen LogP contribution in [0.4, 0.5) is 5.69 Å². The number of carbonyl (C=O) groups is 1. The number of esters is 1. The summed E-state index contributed by atoms with van der Waals surface area (Å²) < 4.78 is 10.3. The second-order valence-electron chi connectivity index (χ2n) is 4.54. The molecule has 0 spiro atoms. The van der Waals surface area contributed by atoms with Gasteiger partial charge >= 0.3 is 5.97 Å². The minimum atomic E-state index is -0.573. The van der Waals surface area contributed by atoms with Crippen molar-refractivity contribution in [1.82, 2.24) is 0 Å². The van der Waals surface area contributed by atoms with Crippen molar-refractivity contribution in [2.24, 2.45) is 0 Å². The molecule has 0 unspecified atom stereocenters. The fourth-order valence-corrected chi connectivity index (χ4v) is 1.53. The SMILES string of the molecule is COc1c(Cl)ccc(C(=O)OC(C)(C)C)c1N. The second-order valence-corrected chi connectivity index (χ2v) is 4.95. The summed E-state index contributed by atoms with van der Waals surface area (Å²) >= 11 is 5.88. The zero-order valence-corrected chi connectivity index (χ0v) is 11.1. The van der Waals surface area contributed by atoms with E-state index in [1.54, 1.807) is 26.8 Å². The highest BCUT2D eigenvalue weighted by atomic mass is 35.5. The van der Waals surface area contributed by atoms with Crippen LogP contribution in [-0.2, 0) is 4.74 Å². The summed E-state index contributed by atoms with van der Waals surface area (Å²) in [4.78, 5) is 11.9. The topological polar surface area (TPSA) is 61.5 Å². The molecule has 0 aliphatic rings. The highest BCUT2D eigenvalue weighted by Crippen LogP contribution is 2.34.